The molecule has 2 heterocycles. The maximum Gasteiger partial charge on any atom is 0.195 e. The first-order chi connectivity index (χ1) is 8.81. The van der Waals surface area contributed by atoms with E-state index in [1.807, 2.05) is 11.3 Å². The van der Waals surface area contributed by atoms with Gasteiger partial charge in [0.15, 0.2) is 10.6 Å². The highest BCUT2D eigenvalue weighted by Crippen LogP contribution is 2.34. The Balaban J connectivity index is 2.12. The van der Waals surface area contributed by atoms with Gasteiger partial charge in [-0.05, 0) is 50.4 Å². The Morgan fingerprint density at radius 2 is 2.22 bits per heavy atom. The average Bonchev–Trinajstić information content (AvgIpc) is 2.85. The van der Waals surface area contributed by atoms with Crippen LogP contribution in [0.15, 0.2) is 5.38 Å². The number of aromatic nitrogens is 3. The molecule has 0 amide bonds. The molecule has 96 valence electrons. The number of hydrogen-bond acceptors (Lipinski definition) is 3. The number of hydrogen-bond donors (Lipinski definition) is 1. The zero-order valence-electron chi connectivity index (χ0n) is 10.5. The Morgan fingerprint density at radius 1 is 1.39 bits per heavy atom. The van der Waals surface area contributed by atoms with Gasteiger partial charge in [0.2, 0.25) is 0 Å². The summed E-state index contributed by atoms with van der Waals surface area (Å²) in [5.74, 6) is 1.02. The van der Waals surface area contributed by atoms with Crippen molar-refractivity contribution >= 4 is 23.6 Å². The highest BCUT2D eigenvalue weighted by molar-refractivity contribution is 7.71. The van der Waals surface area contributed by atoms with E-state index in [9.17, 15) is 0 Å². The number of fused-ring (bicyclic) bond motifs is 1. The molecule has 0 aliphatic heterocycles. The van der Waals surface area contributed by atoms with Crippen LogP contribution in [0.25, 0.3) is 11.4 Å². The molecule has 0 spiro atoms. The van der Waals surface area contributed by atoms with Gasteiger partial charge in [-0.15, -0.1) is 11.3 Å². The summed E-state index contributed by atoms with van der Waals surface area (Å²) < 4.78 is 2.81. The van der Waals surface area contributed by atoms with E-state index >= 15 is 0 Å². The van der Waals surface area contributed by atoms with E-state index in [2.05, 4.69) is 27.1 Å². The van der Waals surface area contributed by atoms with E-state index in [1.54, 1.807) is 4.88 Å². The van der Waals surface area contributed by atoms with Gasteiger partial charge in [-0.3, -0.25) is 5.10 Å². The molecular formula is C13H17N3S2. The predicted octanol–water partition coefficient (Wildman–Crippen LogP) is 3.96. The fourth-order valence-electron chi connectivity index (χ4n) is 2.67. The van der Waals surface area contributed by atoms with Gasteiger partial charge in [-0.2, -0.15) is 5.10 Å². The zero-order valence-corrected chi connectivity index (χ0v) is 12.2. The van der Waals surface area contributed by atoms with Crippen molar-refractivity contribution in [1.29, 1.82) is 0 Å². The second-order valence-electron chi connectivity index (χ2n) is 4.71. The first-order valence-electron chi connectivity index (χ1n) is 6.56. The highest BCUT2D eigenvalue weighted by atomic mass is 32.1. The smallest absolute Gasteiger partial charge is 0.195 e. The van der Waals surface area contributed by atoms with Gasteiger partial charge in [0, 0.05) is 22.4 Å². The van der Waals surface area contributed by atoms with Crippen molar-refractivity contribution in [3.8, 4) is 11.4 Å². The summed E-state index contributed by atoms with van der Waals surface area (Å²) in [5.41, 5.74) is 2.81. The van der Waals surface area contributed by atoms with Crippen LogP contribution >= 0.6 is 23.6 Å². The quantitative estimate of drug-likeness (QED) is 0.667. The summed E-state index contributed by atoms with van der Waals surface area (Å²) in [6.45, 7) is 2.98. The lowest BCUT2D eigenvalue weighted by Gasteiger charge is -2.05. The minimum atomic E-state index is 0.723. The number of H-pyrrole nitrogens is 1. The van der Waals surface area contributed by atoms with Gasteiger partial charge in [0.05, 0.1) is 0 Å². The number of rotatable bonds is 2. The Kier molecular flexibility index (Phi) is 3.35. The minimum Gasteiger partial charge on any atom is -0.300 e. The predicted molar refractivity (Wildman–Crippen MR) is 77.7 cm³/mol. The van der Waals surface area contributed by atoms with Crippen LogP contribution in [0.3, 0.4) is 0 Å². The first-order valence-corrected chi connectivity index (χ1v) is 7.85. The van der Waals surface area contributed by atoms with Crippen LogP contribution in [-0.2, 0) is 19.4 Å². The third-order valence-corrected chi connectivity index (χ3v) is 5.03. The summed E-state index contributed by atoms with van der Waals surface area (Å²) in [5, 5.41) is 9.60. The van der Waals surface area contributed by atoms with E-state index in [-0.39, 0.29) is 0 Å². The number of nitrogens with one attached hydrogen (secondary N) is 1. The molecule has 0 unspecified atom stereocenters. The SMILES string of the molecule is CCn1c(-c2csc3c2CCCCC3)n[nH]c1=S. The first kappa shape index (κ1) is 12.1. The van der Waals surface area contributed by atoms with Crippen LogP contribution in [0.5, 0.6) is 0 Å². The molecule has 2 aromatic heterocycles. The van der Waals surface area contributed by atoms with E-state index in [4.69, 9.17) is 12.2 Å². The molecule has 0 saturated heterocycles. The molecule has 0 atom stereocenters. The number of nitrogens with zero attached hydrogens (tertiary/aromatic N) is 2. The Hall–Kier alpha value is -0.940. The standard InChI is InChI=1S/C13H17N3S2/c1-2-16-12(14-15-13(16)17)10-8-18-11-7-5-3-4-6-9(10)11/h8H,2-7H2,1H3,(H,15,17). The lowest BCUT2D eigenvalue weighted by molar-refractivity contribution is 0.712. The molecule has 0 radical (unpaired) electrons. The second-order valence-corrected chi connectivity index (χ2v) is 6.06. The maximum absolute atomic E-state index is 5.28. The van der Waals surface area contributed by atoms with E-state index in [1.165, 1.54) is 43.2 Å². The van der Waals surface area contributed by atoms with Crippen LogP contribution in [0.1, 0.15) is 36.6 Å². The number of thiophene rings is 1. The lowest BCUT2D eigenvalue weighted by atomic mass is 10.1. The van der Waals surface area contributed by atoms with Crippen molar-refractivity contribution in [3.63, 3.8) is 0 Å². The Bertz CT molecular complexity index is 606. The molecule has 3 nitrogen and oxygen atoms in total. The van der Waals surface area contributed by atoms with Crippen molar-refractivity contribution in [2.45, 2.75) is 45.6 Å². The van der Waals surface area contributed by atoms with Crippen LogP contribution in [-0.4, -0.2) is 14.8 Å². The molecule has 0 bridgehead atoms. The molecule has 3 rings (SSSR count). The molecule has 5 heteroatoms. The minimum absolute atomic E-state index is 0.723. The molecule has 1 N–H and O–H groups in total. The molecule has 1 aliphatic rings. The summed E-state index contributed by atoms with van der Waals surface area (Å²) >= 11 is 7.16. The monoisotopic (exact) mass is 279 g/mol. The zero-order chi connectivity index (χ0) is 12.5. The lowest BCUT2D eigenvalue weighted by Crippen LogP contribution is -1.99. The molecule has 1 aliphatic carbocycles. The summed E-state index contributed by atoms with van der Waals surface area (Å²) in [6.07, 6.45) is 6.40. The molecular weight excluding hydrogens is 262 g/mol. The third-order valence-electron chi connectivity index (χ3n) is 3.63. The normalized spacial score (nSPS) is 15.4. The number of aryl methyl sites for hydroxylation is 1. The molecule has 0 saturated carbocycles. The van der Waals surface area contributed by atoms with Crippen molar-refractivity contribution in [1.82, 2.24) is 14.8 Å². The summed E-state index contributed by atoms with van der Waals surface area (Å²) in [4.78, 5) is 1.55. The van der Waals surface area contributed by atoms with Gasteiger partial charge < -0.3 is 4.57 Å². The van der Waals surface area contributed by atoms with Gasteiger partial charge >= 0.3 is 0 Å². The summed E-state index contributed by atoms with van der Waals surface area (Å²) in [7, 11) is 0. The van der Waals surface area contributed by atoms with Crippen LogP contribution in [0.2, 0.25) is 0 Å². The molecule has 0 aromatic carbocycles. The topological polar surface area (TPSA) is 33.6 Å². The van der Waals surface area contributed by atoms with Crippen LogP contribution in [0, 0.1) is 4.77 Å². The molecule has 2 aromatic rings. The van der Waals surface area contributed by atoms with Gasteiger partial charge in [-0.1, -0.05) is 6.42 Å². The van der Waals surface area contributed by atoms with E-state index < -0.39 is 0 Å². The fraction of sp³-hybridized carbons (Fsp3) is 0.538. The van der Waals surface area contributed by atoms with E-state index in [0.717, 1.165) is 17.1 Å². The maximum atomic E-state index is 5.28. The molecule has 0 fully saturated rings. The Labute approximate surface area is 116 Å². The third kappa shape index (κ3) is 1.95. The van der Waals surface area contributed by atoms with Crippen molar-refractivity contribution in [2.75, 3.05) is 0 Å². The second kappa shape index (κ2) is 4.97. The fourth-order valence-corrected chi connectivity index (χ4v) is 4.06. The largest absolute Gasteiger partial charge is 0.300 e. The molecule has 18 heavy (non-hydrogen) atoms. The van der Waals surface area contributed by atoms with Crippen molar-refractivity contribution in [3.05, 3.63) is 20.6 Å². The summed E-state index contributed by atoms with van der Waals surface area (Å²) in [6, 6.07) is 0. The average molecular weight is 279 g/mol. The van der Waals surface area contributed by atoms with Gasteiger partial charge in [0.25, 0.3) is 0 Å². The van der Waals surface area contributed by atoms with Crippen molar-refractivity contribution < 1.29 is 0 Å². The number of aromatic amines is 1. The van der Waals surface area contributed by atoms with Gasteiger partial charge in [0.1, 0.15) is 0 Å². The highest BCUT2D eigenvalue weighted by Gasteiger charge is 2.18. The van der Waals surface area contributed by atoms with Crippen LogP contribution < -0.4 is 0 Å². The van der Waals surface area contributed by atoms with Crippen molar-refractivity contribution in [2.24, 2.45) is 0 Å². The van der Waals surface area contributed by atoms with E-state index in [0.29, 0.717) is 0 Å². The van der Waals surface area contributed by atoms with Crippen LogP contribution in [0.4, 0.5) is 0 Å². The van der Waals surface area contributed by atoms with Gasteiger partial charge in [-0.25, -0.2) is 0 Å². The Morgan fingerprint density at radius 3 is 3.06 bits per heavy atom.